The summed E-state index contributed by atoms with van der Waals surface area (Å²) >= 11 is 0. The van der Waals surface area contributed by atoms with Crippen LogP contribution in [0, 0.1) is 0 Å². The second kappa shape index (κ2) is 13.9. The number of hydrogen-bond acceptors (Lipinski definition) is 9. The number of fused-ring (bicyclic) bond motifs is 3. The maximum absolute atomic E-state index is 13.5. The number of nitrogens with zero attached hydrogens (tertiary/aromatic N) is 1. The first kappa shape index (κ1) is 31.1. The largest absolute Gasteiger partial charge is 0.497 e. The van der Waals surface area contributed by atoms with Crippen molar-refractivity contribution < 1.29 is 43.9 Å². The van der Waals surface area contributed by atoms with Gasteiger partial charge >= 0.3 is 0 Å². The van der Waals surface area contributed by atoms with Crippen molar-refractivity contribution in [2.24, 2.45) is 0 Å². The van der Waals surface area contributed by atoms with Crippen LogP contribution in [0.1, 0.15) is 42.4 Å². The molecule has 0 bridgehead atoms. The summed E-state index contributed by atoms with van der Waals surface area (Å²) in [5.41, 5.74) is 2.28. The van der Waals surface area contributed by atoms with Crippen LogP contribution in [-0.2, 0) is 22.6 Å². The average Bonchev–Trinajstić information content (AvgIpc) is 3.40. The predicted octanol–water partition coefficient (Wildman–Crippen LogP) is 1.70. The molecule has 0 aromatic heterocycles. The van der Waals surface area contributed by atoms with Crippen molar-refractivity contribution >= 4 is 11.8 Å². The summed E-state index contributed by atoms with van der Waals surface area (Å²) in [5, 5.41) is 33.7. The zero-order valence-electron chi connectivity index (χ0n) is 24.5. The zero-order valence-corrected chi connectivity index (χ0v) is 24.5. The minimum atomic E-state index is -1.19. The summed E-state index contributed by atoms with van der Waals surface area (Å²) in [6.07, 6.45) is 0.792. The molecule has 0 saturated heterocycles. The van der Waals surface area contributed by atoms with E-state index in [1.165, 1.54) is 7.11 Å². The molecule has 11 nitrogen and oxygen atoms in total. The van der Waals surface area contributed by atoms with Crippen molar-refractivity contribution in [2.45, 2.75) is 57.0 Å². The standard InChI is InChI=1S/C31H40N2O9/c1-5-6-26(36)33(11-9-19-15-20(39-2)7-8-24(19)40-3)23-16-22(31(38)32-10-12-34)27-21-13-18(17-35)14-25(41-4)29(21)42-30(27)28(23)37/h7-8,13-16,23,27-28,30,34-35,37H,5-6,9-12,17H2,1-4H3,(H,32,38). The molecule has 11 heteroatoms. The number of aliphatic hydroxyl groups is 3. The highest BCUT2D eigenvalue weighted by atomic mass is 16.5. The van der Waals surface area contributed by atoms with E-state index in [1.54, 1.807) is 49.5 Å². The van der Waals surface area contributed by atoms with E-state index in [-0.39, 0.29) is 38.6 Å². The molecule has 228 valence electrons. The van der Waals surface area contributed by atoms with Gasteiger partial charge in [-0.3, -0.25) is 9.59 Å². The molecule has 0 saturated carbocycles. The van der Waals surface area contributed by atoms with Gasteiger partial charge < -0.3 is 44.5 Å². The molecule has 4 rings (SSSR count). The first-order valence-corrected chi connectivity index (χ1v) is 14.1. The van der Waals surface area contributed by atoms with Gasteiger partial charge in [-0.2, -0.15) is 0 Å². The third kappa shape index (κ3) is 6.18. The van der Waals surface area contributed by atoms with Gasteiger partial charge in [0.15, 0.2) is 11.5 Å². The monoisotopic (exact) mass is 584 g/mol. The van der Waals surface area contributed by atoms with Crippen molar-refractivity contribution in [3.63, 3.8) is 0 Å². The van der Waals surface area contributed by atoms with Gasteiger partial charge in [-0.15, -0.1) is 0 Å². The van der Waals surface area contributed by atoms with E-state index in [1.807, 2.05) is 13.0 Å². The Kier molecular flexibility index (Phi) is 10.3. The van der Waals surface area contributed by atoms with Crippen molar-refractivity contribution in [3.05, 3.63) is 58.7 Å². The summed E-state index contributed by atoms with van der Waals surface area (Å²) in [7, 11) is 4.62. The van der Waals surface area contributed by atoms with Crippen LogP contribution in [0.5, 0.6) is 23.0 Å². The number of hydrogen-bond donors (Lipinski definition) is 4. The highest BCUT2D eigenvalue weighted by molar-refractivity contribution is 5.96. The quantitative estimate of drug-likeness (QED) is 0.276. The summed E-state index contributed by atoms with van der Waals surface area (Å²) in [5.74, 6) is 0.721. The number of methoxy groups -OCH3 is 3. The molecule has 2 amide bonds. The molecule has 1 aliphatic heterocycles. The molecule has 0 spiro atoms. The average molecular weight is 585 g/mol. The van der Waals surface area contributed by atoms with Gasteiger partial charge in [0.1, 0.15) is 23.7 Å². The maximum Gasteiger partial charge on any atom is 0.247 e. The summed E-state index contributed by atoms with van der Waals surface area (Å²) < 4.78 is 22.7. The van der Waals surface area contributed by atoms with Gasteiger partial charge in [0.25, 0.3) is 0 Å². The lowest BCUT2D eigenvalue weighted by Gasteiger charge is -2.41. The van der Waals surface area contributed by atoms with E-state index in [2.05, 4.69) is 5.32 Å². The normalized spacial score (nSPS) is 20.5. The Bertz CT molecular complexity index is 1310. The highest BCUT2D eigenvalue weighted by Gasteiger charge is 2.51. The molecule has 4 unspecified atom stereocenters. The molecule has 2 aromatic rings. The number of carbonyl (C=O) groups excluding carboxylic acids is 2. The van der Waals surface area contributed by atoms with Crippen molar-refractivity contribution in [1.29, 1.82) is 0 Å². The summed E-state index contributed by atoms with van der Waals surface area (Å²) in [6.45, 7) is 1.66. The number of benzene rings is 2. The summed E-state index contributed by atoms with van der Waals surface area (Å²) in [4.78, 5) is 28.6. The van der Waals surface area contributed by atoms with Crippen LogP contribution in [0.25, 0.3) is 0 Å². The molecule has 4 atom stereocenters. The van der Waals surface area contributed by atoms with Crippen LogP contribution in [0.3, 0.4) is 0 Å². The van der Waals surface area contributed by atoms with Gasteiger partial charge in [-0.25, -0.2) is 0 Å². The fourth-order valence-electron chi connectivity index (χ4n) is 5.73. The van der Waals surface area contributed by atoms with Gasteiger partial charge in [-0.1, -0.05) is 6.92 Å². The van der Waals surface area contributed by atoms with E-state index < -0.39 is 30.1 Å². The third-order valence-electron chi connectivity index (χ3n) is 7.75. The molecular formula is C31H40N2O9. The Morgan fingerprint density at radius 3 is 2.45 bits per heavy atom. The van der Waals surface area contributed by atoms with Crippen molar-refractivity contribution in [2.75, 3.05) is 41.0 Å². The topological polar surface area (TPSA) is 147 Å². The molecule has 42 heavy (non-hydrogen) atoms. The van der Waals surface area contributed by atoms with Crippen LogP contribution >= 0.6 is 0 Å². The maximum atomic E-state index is 13.5. The Balaban J connectivity index is 1.77. The first-order chi connectivity index (χ1) is 20.3. The van der Waals surface area contributed by atoms with E-state index in [9.17, 15) is 24.9 Å². The van der Waals surface area contributed by atoms with Gasteiger partial charge in [0.2, 0.25) is 11.8 Å². The van der Waals surface area contributed by atoms with Crippen molar-refractivity contribution in [1.82, 2.24) is 10.2 Å². The number of amides is 2. The van der Waals surface area contributed by atoms with Gasteiger partial charge in [0, 0.05) is 30.6 Å². The smallest absolute Gasteiger partial charge is 0.247 e. The molecular weight excluding hydrogens is 544 g/mol. The fourth-order valence-corrected chi connectivity index (χ4v) is 5.73. The molecule has 1 heterocycles. The molecule has 0 fully saturated rings. The number of rotatable bonds is 13. The third-order valence-corrected chi connectivity index (χ3v) is 7.75. The van der Waals surface area contributed by atoms with Crippen LogP contribution in [-0.4, -0.2) is 91.3 Å². The number of carbonyl (C=O) groups is 2. The van der Waals surface area contributed by atoms with E-state index in [4.69, 9.17) is 18.9 Å². The van der Waals surface area contributed by atoms with Crippen LogP contribution in [0.2, 0.25) is 0 Å². The van der Waals surface area contributed by atoms with Crippen LogP contribution in [0.4, 0.5) is 0 Å². The second-order valence-electron chi connectivity index (χ2n) is 10.3. The molecule has 1 aliphatic carbocycles. The number of ether oxygens (including phenoxy) is 4. The predicted molar refractivity (Wildman–Crippen MR) is 154 cm³/mol. The number of nitrogens with one attached hydrogen (secondary N) is 1. The molecule has 2 aromatic carbocycles. The Labute approximate surface area is 245 Å². The van der Waals surface area contributed by atoms with Gasteiger partial charge in [0.05, 0.1) is 46.5 Å². The fraction of sp³-hybridized carbons (Fsp3) is 0.484. The second-order valence-corrected chi connectivity index (χ2v) is 10.3. The molecule has 2 aliphatic rings. The first-order valence-electron chi connectivity index (χ1n) is 14.1. The van der Waals surface area contributed by atoms with E-state index >= 15 is 0 Å². The Hall–Kier alpha value is -3.80. The lowest BCUT2D eigenvalue weighted by molar-refractivity contribution is -0.137. The highest BCUT2D eigenvalue weighted by Crippen LogP contribution is 2.51. The summed E-state index contributed by atoms with van der Waals surface area (Å²) in [6, 6.07) is 7.94. The van der Waals surface area contributed by atoms with E-state index in [0.717, 1.165) is 5.56 Å². The minimum Gasteiger partial charge on any atom is -0.497 e. The van der Waals surface area contributed by atoms with Crippen LogP contribution in [0.15, 0.2) is 42.0 Å². The van der Waals surface area contributed by atoms with Crippen LogP contribution < -0.4 is 24.3 Å². The zero-order chi connectivity index (χ0) is 30.4. The lowest BCUT2D eigenvalue weighted by atomic mass is 9.77. The lowest BCUT2D eigenvalue weighted by Crippen LogP contribution is -2.56. The Morgan fingerprint density at radius 2 is 1.81 bits per heavy atom. The molecule has 0 radical (unpaired) electrons. The van der Waals surface area contributed by atoms with E-state index in [0.29, 0.717) is 52.5 Å². The van der Waals surface area contributed by atoms with Crippen molar-refractivity contribution in [3.8, 4) is 23.0 Å². The minimum absolute atomic E-state index is 0.0304. The number of aliphatic hydroxyl groups excluding tert-OH is 3. The van der Waals surface area contributed by atoms with Gasteiger partial charge in [-0.05, 0) is 60.4 Å². The SMILES string of the molecule is CCCC(=O)N(CCc1cc(OC)ccc1OC)C1C=C(C(=O)NCCO)C2c3cc(CO)cc(OC)c3OC2C1O. The molecule has 4 N–H and O–H groups in total. The Morgan fingerprint density at radius 1 is 1.05 bits per heavy atom.